The Morgan fingerprint density at radius 1 is 0.444 bits per heavy atom. The second-order valence-electron chi connectivity index (χ2n) is 33.1. The van der Waals surface area contributed by atoms with Crippen LogP contribution < -0.4 is 54.8 Å². The van der Waals surface area contributed by atoms with Gasteiger partial charge in [-0.25, -0.2) is 4.39 Å². The van der Waals surface area contributed by atoms with Crippen LogP contribution in [0.4, 0.5) is 4.39 Å². The highest BCUT2D eigenvalue weighted by Crippen LogP contribution is 2.34. The van der Waals surface area contributed by atoms with Gasteiger partial charge in [0.1, 0.15) is 0 Å². The molecule has 3 heterocycles. The Balaban J connectivity index is 0.000000172. The summed E-state index contributed by atoms with van der Waals surface area (Å²) in [6.07, 6.45) is 14.8. The van der Waals surface area contributed by atoms with Crippen molar-refractivity contribution in [2.24, 2.45) is 38.8 Å². The molecule has 14 rings (SSSR count). The molecule has 22 heteroatoms. The van der Waals surface area contributed by atoms with Crippen molar-refractivity contribution in [2.45, 2.75) is 138 Å². The number of nitrogens with zero attached hydrogens (tertiary/aromatic N) is 5. The van der Waals surface area contributed by atoms with Crippen LogP contribution in [0.2, 0.25) is 0 Å². The molecule has 21 nitrogen and oxygen atoms in total. The second-order valence-corrected chi connectivity index (χ2v) is 33.1. The third-order valence-corrected chi connectivity index (χ3v) is 24.2. The third kappa shape index (κ3) is 28.1. The molecular weight excluding hydrogens is 1570 g/mol. The SMILES string of the molecule is Cc1ccccc1/C=C/C(=O)NC[C@@H]1CCN(CC(c2ccccc2)c2ccccc2)C(=O)[C@H](CCCN=C(N)N)N1.NC(N)=NCCC[C@@H]1N[C@H](CNC(=O)/C(F)=C/c2ccccc2)CCN(CC(c2ccccc2)c2ccccc2)C1=O.O=C(NCC1CCN(CC(c2ccccc2)c2ccccc2)C(=O)C(C2CCCCC2)N1)c1ccc2ccccc2c1. The van der Waals surface area contributed by atoms with Crippen LogP contribution in [0.3, 0.4) is 0 Å². The number of aryl methyl sites for hydroxylation is 1. The van der Waals surface area contributed by atoms with Crippen molar-refractivity contribution < 1.29 is 33.2 Å². The topological polar surface area (TPSA) is 313 Å². The zero-order valence-corrected chi connectivity index (χ0v) is 72.2. The van der Waals surface area contributed by atoms with Crippen molar-refractivity contribution in [3.63, 3.8) is 0 Å². The molecule has 4 aliphatic rings. The molecule has 0 aromatic heterocycles. The molecule has 10 aromatic rings. The van der Waals surface area contributed by atoms with E-state index in [1.54, 1.807) is 30.3 Å². The Labute approximate surface area is 741 Å². The Bertz CT molecular complexity index is 5100. The average Bonchev–Trinajstić information content (AvgIpc) is 1.63. The standard InChI is InChI=1S/C37H41N3O2.C34H42N6O2.C33H39FN6O2/c41-36(32-21-20-27-12-10-11-19-31(27)24-32)38-25-33-22-23-40(37(42)35(39-33)30-17-8-3-9-18-30)26-34(28-13-4-1-5-14-28)29-15-6-2-7-16-29;1-25-11-8-9-12-26(25)18-19-32(41)38-23-29-20-22-40(33(42)31(39-29)17-10-21-37-34(35)36)24-30(27-13-4-2-5-14-27)28-15-6-3-7-16-28;34-29(21-24-11-4-1-5-12-24)31(41)38-22-27-18-20-40(32(42)30(39-27)17-10-19-37-33(35)36)23-28(25-13-6-2-7-14-25)26-15-8-3-9-16-26/h1-2,4-7,10-16,19-21,24,30,33-35,39H,3,8-9,17-18,22-23,25-26H2,(H,38,41);2-9,11-16,18-19,29-31,39H,10,17,20-24H2,1H3,(H,38,41)(H4,35,36,37);1-9,11-16,21,27-28,30,39H,10,17-20,22-23H2,(H,38,41)(H4,35,36,37)/b;19-18+;29-21-/t;29-,31-;27-,30-/m.00/s1. The lowest BCUT2D eigenvalue weighted by Gasteiger charge is -2.34. The minimum Gasteiger partial charge on any atom is -0.370 e. The number of amides is 6. The normalized spacial score (nSPS) is 18.3. The zero-order chi connectivity index (χ0) is 88.2. The van der Waals surface area contributed by atoms with Gasteiger partial charge < -0.3 is 69.5 Å². The van der Waals surface area contributed by atoms with Crippen molar-refractivity contribution in [2.75, 3.05) is 72.0 Å². The van der Waals surface area contributed by atoms with Crippen LogP contribution in [0.25, 0.3) is 22.9 Å². The Morgan fingerprint density at radius 3 is 1.28 bits per heavy atom. The summed E-state index contributed by atoms with van der Waals surface area (Å²) in [5.41, 5.74) is 32.4. The van der Waals surface area contributed by atoms with Crippen molar-refractivity contribution >= 4 is 70.3 Å². The molecule has 14 N–H and O–H groups in total. The molecule has 126 heavy (non-hydrogen) atoms. The number of halogens is 1. The average molecular weight is 1700 g/mol. The fourth-order valence-electron chi connectivity index (χ4n) is 17.4. The van der Waals surface area contributed by atoms with Crippen LogP contribution in [0.1, 0.15) is 155 Å². The summed E-state index contributed by atoms with van der Waals surface area (Å²) >= 11 is 0. The highest BCUT2D eigenvalue weighted by atomic mass is 19.1. The van der Waals surface area contributed by atoms with E-state index in [0.29, 0.717) is 121 Å². The number of hydrogen-bond donors (Lipinski definition) is 10. The maximum Gasteiger partial charge on any atom is 0.280 e. The molecule has 0 spiro atoms. The van der Waals surface area contributed by atoms with Gasteiger partial charge in [-0.3, -0.25) is 38.8 Å². The van der Waals surface area contributed by atoms with Gasteiger partial charge in [-0.1, -0.05) is 286 Å². The highest BCUT2D eigenvalue weighted by Gasteiger charge is 2.39. The summed E-state index contributed by atoms with van der Waals surface area (Å²) < 4.78 is 14.6. The minimum absolute atomic E-state index is 0.00730. The number of fused-ring (bicyclic) bond motifs is 1. The molecule has 1 saturated carbocycles. The molecule has 3 saturated heterocycles. The number of rotatable bonds is 32. The number of carbonyl (C=O) groups excluding carboxylic acids is 6. The summed E-state index contributed by atoms with van der Waals surface area (Å²) in [6.45, 7) is 7.45. The summed E-state index contributed by atoms with van der Waals surface area (Å²) in [5, 5.41) is 21.8. The highest BCUT2D eigenvalue weighted by molar-refractivity contribution is 5.99. The van der Waals surface area contributed by atoms with Gasteiger partial charge in [0.15, 0.2) is 17.7 Å². The molecular formula is C104H122FN15O6. The number of hydrogen-bond acceptors (Lipinski definition) is 11. The number of guanidine groups is 2. The molecule has 6 amide bonds. The minimum atomic E-state index is -0.866. The molecule has 4 fully saturated rings. The number of nitrogens with two attached hydrogens (primary N) is 4. The molecule has 3 aliphatic heterocycles. The summed E-state index contributed by atoms with van der Waals surface area (Å²) in [4.78, 5) is 94.5. The van der Waals surface area contributed by atoms with Gasteiger partial charge in [-0.15, -0.1) is 0 Å². The first kappa shape index (κ1) is 92.3. The van der Waals surface area contributed by atoms with E-state index in [9.17, 15) is 33.2 Å². The van der Waals surface area contributed by atoms with E-state index < -0.39 is 23.8 Å². The van der Waals surface area contributed by atoms with Crippen LogP contribution in [0, 0.1) is 12.8 Å². The fraction of sp³-hybridized carbons (Fsp3) is 0.327. The smallest absolute Gasteiger partial charge is 0.280 e. The van der Waals surface area contributed by atoms with E-state index in [1.165, 1.54) is 47.6 Å². The van der Waals surface area contributed by atoms with Crippen molar-refractivity contribution in [1.29, 1.82) is 0 Å². The monoisotopic (exact) mass is 1700 g/mol. The van der Waals surface area contributed by atoms with E-state index in [1.807, 2.05) is 174 Å². The third-order valence-electron chi connectivity index (χ3n) is 24.2. The van der Waals surface area contributed by atoms with Crippen LogP contribution in [0.5, 0.6) is 0 Å². The van der Waals surface area contributed by atoms with Gasteiger partial charge in [-0.2, -0.15) is 0 Å². The molecule has 6 atom stereocenters. The van der Waals surface area contributed by atoms with Gasteiger partial charge in [-0.05, 0) is 156 Å². The number of nitrogens with one attached hydrogen (secondary N) is 6. The van der Waals surface area contributed by atoms with Gasteiger partial charge in [0.25, 0.3) is 11.8 Å². The van der Waals surface area contributed by atoms with Crippen LogP contribution in [-0.2, 0) is 24.0 Å². The number of aliphatic imine (C=N–C) groups is 2. The summed E-state index contributed by atoms with van der Waals surface area (Å²) in [5.74, 6) is -1.10. The van der Waals surface area contributed by atoms with E-state index in [4.69, 9.17) is 22.9 Å². The maximum atomic E-state index is 14.6. The predicted octanol–water partition coefficient (Wildman–Crippen LogP) is 13.7. The zero-order valence-electron chi connectivity index (χ0n) is 72.2. The molecule has 10 aromatic carbocycles. The molecule has 656 valence electrons. The van der Waals surface area contributed by atoms with E-state index >= 15 is 0 Å². The first-order valence-electron chi connectivity index (χ1n) is 44.5. The molecule has 0 bridgehead atoms. The van der Waals surface area contributed by atoms with Crippen LogP contribution >= 0.6 is 0 Å². The second kappa shape index (κ2) is 48.4. The molecule has 0 radical (unpaired) electrons. The fourth-order valence-corrected chi connectivity index (χ4v) is 17.4. The van der Waals surface area contributed by atoms with Crippen molar-refractivity contribution in [3.05, 3.63) is 347 Å². The van der Waals surface area contributed by atoms with Crippen molar-refractivity contribution in [1.82, 2.24) is 46.6 Å². The largest absolute Gasteiger partial charge is 0.370 e. The van der Waals surface area contributed by atoms with Crippen LogP contribution in [0.15, 0.2) is 301 Å². The van der Waals surface area contributed by atoms with E-state index in [2.05, 4.69) is 150 Å². The first-order valence-corrected chi connectivity index (χ1v) is 44.5. The van der Waals surface area contributed by atoms with E-state index in [-0.39, 0.29) is 89.9 Å². The van der Waals surface area contributed by atoms with Gasteiger partial charge >= 0.3 is 0 Å². The van der Waals surface area contributed by atoms with E-state index in [0.717, 1.165) is 52.3 Å². The quantitative estimate of drug-likeness (QED) is 0.00813. The lowest BCUT2D eigenvalue weighted by molar-refractivity contribution is -0.135. The number of carbonyl (C=O) groups is 6. The summed E-state index contributed by atoms with van der Waals surface area (Å²) in [7, 11) is 0. The molecule has 2 unspecified atom stereocenters. The first-order chi connectivity index (χ1) is 61.5. The maximum absolute atomic E-state index is 14.6. The molecule has 1 aliphatic carbocycles. The van der Waals surface area contributed by atoms with Gasteiger partial charge in [0.2, 0.25) is 23.6 Å². The Kier molecular flexibility index (Phi) is 35.5. The number of benzene rings is 10. The lowest BCUT2D eigenvalue weighted by atomic mass is 9.83. The van der Waals surface area contributed by atoms with Gasteiger partial charge in [0, 0.05) is 120 Å². The Hall–Kier alpha value is -12.9. The van der Waals surface area contributed by atoms with Crippen molar-refractivity contribution in [3.8, 4) is 0 Å². The Morgan fingerprint density at radius 2 is 0.833 bits per heavy atom. The lowest BCUT2D eigenvalue weighted by Crippen LogP contribution is -2.53. The van der Waals surface area contributed by atoms with Gasteiger partial charge in [0.05, 0.1) is 18.1 Å². The predicted molar refractivity (Wildman–Crippen MR) is 504 cm³/mol. The summed E-state index contributed by atoms with van der Waals surface area (Å²) in [6, 6.07) is 91.4. The van der Waals surface area contributed by atoms with Crippen LogP contribution in [-0.4, -0.2) is 170 Å².